The van der Waals surface area contributed by atoms with Crippen molar-refractivity contribution in [3.63, 3.8) is 0 Å². The highest BCUT2D eigenvalue weighted by Crippen LogP contribution is 2.22. The van der Waals surface area contributed by atoms with Crippen LogP contribution in [0.25, 0.3) is 0 Å². The highest BCUT2D eigenvalue weighted by Gasteiger charge is 2.29. The van der Waals surface area contributed by atoms with E-state index in [1.807, 2.05) is 20.8 Å². The minimum absolute atomic E-state index is 0.213. The first-order chi connectivity index (χ1) is 9.23. The standard InChI is InChI=1S/C14H26N2O4/c1-14(2,3)20-13(18)16-7-5-6-10(9-16)8-11(15)12(17)19-4/h10-11H,5-9,15H2,1-4H3/t10-,11-/m0/s1. The van der Waals surface area contributed by atoms with Gasteiger partial charge in [-0.3, -0.25) is 4.79 Å². The number of hydrogen-bond donors (Lipinski definition) is 1. The third-order valence-corrected chi connectivity index (χ3v) is 3.26. The van der Waals surface area contributed by atoms with Crippen molar-refractivity contribution in [2.24, 2.45) is 11.7 Å². The number of nitrogens with zero attached hydrogens (tertiary/aromatic N) is 1. The molecule has 0 unspecified atom stereocenters. The second-order valence-electron chi connectivity index (χ2n) is 6.30. The van der Waals surface area contributed by atoms with E-state index in [1.54, 1.807) is 4.90 Å². The van der Waals surface area contributed by atoms with Gasteiger partial charge in [0.05, 0.1) is 7.11 Å². The van der Waals surface area contributed by atoms with Crippen molar-refractivity contribution in [1.82, 2.24) is 4.90 Å². The van der Waals surface area contributed by atoms with E-state index in [0.29, 0.717) is 19.5 Å². The molecular weight excluding hydrogens is 260 g/mol. The molecule has 1 amide bonds. The number of rotatable bonds is 3. The number of piperidine rings is 1. The maximum atomic E-state index is 12.0. The molecule has 20 heavy (non-hydrogen) atoms. The van der Waals surface area contributed by atoms with Crippen LogP contribution in [0, 0.1) is 5.92 Å². The molecule has 6 heteroatoms. The van der Waals surface area contributed by atoms with Gasteiger partial charge in [-0.25, -0.2) is 4.79 Å². The minimum atomic E-state index is -0.622. The van der Waals surface area contributed by atoms with E-state index < -0.39 is 17.6 Å². The zero-order valence-electron chi connectivity index (χ0n) is 12.8. The Kier molecular flexibility index (Phi) is 5.80. The minimum Gasteiger partial charge on any atom is -0.468 e. The lowest BCUT2D eigenvalue weighted by Crippen LogP contribution is -2.45. The van der Waals surface area contributed by atoms with Crippen LogP contribution in [-0.4, -0.2) is 48.8 Å². The summed E-state index contributed by atoms with van der Waals surface area (Å²) in [6.45, 7) is 6.82. The van der Waals surface area contributed by atoms with Gasteiger partial charge < -0.3 is 20.1 Å². The molecule has 0 aliphatic carbocycles. The maximum Gasteiger partial charge on any atom is 0.410 e. The molecule has 2 atom stereocenters. The molecule has 0 aromatic carbocycles. The van der Waals surface area contributed by atoms with Crippen LogP contribution in [-0.2, 0) is 14.3 Å². The Bertz CT molecular complexity index is 352. The van der Waals surface area contributed by atoms with E-state index in [0.717, 1.165) is 12.8 Å². The maximum absolute atomic E-state index is 12.0. The number of esters is 1. The SMILES string of the molecule is COC(=O)[C@@H](N)C[C@@H]1CCCN(C(=O)OC(C)(C)C)C1. The number of amides is 1. The summed E-state index contributed by atoms with van der Waals surface area (Å²) in [6.07, 6.45) is 2.10. The number of ether oxygens (including phenoxy) is 2. The van der Waals surface area contributed by atoms with E-state index in [-0.39, 0.29) is 12.0 Å². The first-order valence-electron chi connectivity index (χ1n) is 7.04. The molecule has 116 valence electrons. The molecule has 1 aliphatic heterocycles. The molecule has 0 bridgehead atoms. The van der Waals surface area contributed by atoms with E-state index in [1.165, 1.54) is 7.11 Å². The summed E-state index contributed by atoms with van der Waals surface area (Å²) in [4.78, 5) is 25.0. The van der Waals surface area contributed by atoms with Crippen LogP contribution in [0.2, 0.25) is 0 Å². The van der Waals surface area contributed by atoms with Crippen LogP contribution in [0.1, 0.15) is 40.0 Å². The van der Waals surface area contributed by atoms with E-state index in [4.69, 9.17) is 10.5 Å². The quantitative estimate of drug-likeness (QED) is 0.795. The third-order valence-electron chi connectivity index (χ3n) is 3.26. The zero-order valence-corrected chi connectivity index (χ0v) is 12.8. The summed E-state index contributed by atoms with van der Waals surface area (Å²) in [7, 11) is 1.33. The smallest absolute Gasteiger partial charge is 0.410 e. The van der Waals surface area contributed by atoms with Crippen LogP contribution < -0.4 is 5.73 Å². The van der Waals surface area contributed by atoms with Crippen molar-refractivity contribution in [2.75, 3.05) is 20.2 Å². The summed E-state index contributed by atoms with van der Waals surface area (Å²) in [5, 5.41) is 0. The predicted octanol–water partition coefficient (Wildman–Crippen LogP) is 1.52. The van der Waals surface area contributed by atoms with Crippen LogP contribution in [0.5, 0.6) is 0 Å². The monoisotopic (exact) mass is 286 g/mol. The van der Waals surface area contributed by atoms with Crippen molar-refractivity contribution in [2.45, 2.75) is 51.7 Å². The molecule has 1 saturated heterocycles. The van der Waals surface area contributed by atoms with E-state index in [9.17, 15) is 9.59 Å². The molecule has 1 aliphatic rings. The van der Waals surface area contributed by atoms with Gasteiger partial charge in [0.15, 0.2) is 0 Å². The summed E-state index contributed by atoms with van der Waals surface area (Å²) in [5.41, 5.74) is 5.28. The Labute approximate surface area is 120 Å². The van der Waals surface area contributed by atoms with Crippen molar-refractivity contribution >= 4 is 12.1 Å². The molecule has 2 N–H and O–H groups in total. The van der Waals surface area contributed by atoms with Crippen molar-refractivity contribution in [3.8, 4) is 0 Å². The highest BCUT2D eigenvalue weighted by molar-refractivity contribution is 5.75. The van der Waals surface area contributed by atoms with Gasteiger partial charge in [-0.2, -0.15) is 0 Å². The average Bonchev–Trinajstić information content (AvgIpc) is 2.36. The molecule has 1 heterocycles. The fourth-order valence-electron chi connectivity index (χ4n) is 2.36. The first kappa shape index (κ1) is 16.8. The number of hydrogen-bond acceptors (Lipinski definition) is 5. The normalized spacial score (nSPS) is 21.2. The Hall–Kier alpha value is -1.30. The summed E-state index contributed by atoms with van der Waals surface area (Å²) in [5.74, 6) is -0.190. The molecule has 0 radical (unpaired) electrons. The molecule has 1 fully saturated rings. The summed E-state index contributed by atoms with van der Waals surface area (Å²) < 4.78 is 9.99. The van der Waals surface area contributed by atoms with Crippen LogP contribution >= 0.6 is 0 Å². The Morgan fingerprint density at radius 3 is 2.60 bits per heavy atom. The number of likely N-dealkylation sites (tertiary alicyclic amines) is 1. The van der Waals surface area contributed by atoms with Gasteiger partial charge in [0, 0.05) is 13.1 Å². The lowest BCUT2D eigenvalue weighted by Gasteiger charge is -2.34. The number of carbonyl (C=O) groups excluding carboxylic acids is 2. The molecule has 6 nitrogen and oxygen atoms in total. The highest BCUT2D eigenvalue weighted by atomic mass is 16.6. The topological polar surface area (TPSA) is 81.9 Å². The molecule has 0 saturated carbocycles. The predicted molar refractivity (Wildman–Crippen MR) is 75.1 cm³/mol. The van der Waals surface area contributed by atoms with Gasteiger partial charge in [0.2, 0.25) is 0 Å². The first-order valence-corrected chi connectivity index (χ1v) is 7.04. The average molecular weight is 286 g/mol. The summed E-state index contributed by atoms with van der Waals surface area (Å²) in [6, 6.07) is -0.622. The fourth-order valence-corrected chi connectivity index (χ4v) is 2.36. The van der Waals surface area contributed by atoms with Crippen molar-refractivity contribution < 1.29 is 19.1 Å². The largest absolute Gasteiger partial charge is 0.468 e. The van der Waals surface area contributed by atoms with Gasteiger partial charge in [0.25, 0.3) is 0 Å². The van der Waals surface area contributed by atoms with E-state index >= 15 is 0 Å². The molecule has 0 aromatic heterocycles. The number of nitrogens with two attached hydrogens (primary N) is 1. The van der Waals surface area contributed by atoms with Crippen LogP contribution in [0.15, 0.2) is 0 Å². The second-order valence-corrected chi connectivity index (χ2v) is 6.30. The van der Waals surface area contributed by atoms with Crippen LogP contribution in [0.3, 0.4) is 0 Å². The van der Waals surface area contributed by atoms with Crippen LogP contribution in [0.4, 0.5) is 4.79 Å². The third kappa shape index (κ3) is 5.36. The number of methoxy groups -OCH3 is 1. The van der Waals surface area contributed by atoms with E-state index in [2.05, 4.69) is 4.74 Å². The summed E-state index contributed by atoms with van der Waals surface area (Å²) >= 11 is 0. The van der Waals surface area contributed by atoms with Crippen molar-refractivity contribution in [3.05, 3.63) is 0 Å². The van der Waals surface area contributed by atoms with Gasteiger partial charge in [-0.05, 0) is 46.0 Å². The number of carbonyl (C=O) groups is 2. The van der Waals surface area contributed by atoms with Gasteiger partial charge >= 0.3 is 12.1 Å². The zero-order chi connectivity index (χ0) is 15.3. The Morgan fingerprint density at radius 2 is 2.05 bits per heavy atom. The molecule has 0 aromatic rings. The Morgan fingerprint density at radius 1 is 1.40 bits per heavy atom. The molecule has 1 rings (SSSR count). The molecular formula is C14H26N2O4. The Balaban J connectivity index is 2.50. The lowest BCUT2D eigenvalue weighted by atomic mass is 9.92. The van der Waals surface area contributed by atoms with Gasteiger partial charge in [-0.15, -0.1) is 0 Å². The van der Waals surface area contributed by atoms with Gasteiger partial charge in [-0.1, -0.05) is 0 Å². The fraction of sp³-hybridized carbons (Fsp3) is 0.857. The van der Waals surface area contributed by atoms with Crippen molar-refractivity contribution in [1.29, 1.82) is 0 Å². The second kappa shape index (κ2) is 6.92. The molecule has 0 spiro atoms. The lowest BCUT2D eigenvalue weighted by molar-refractivity contribution is -0.142. The van der Waals surface area contributed by atoms with Gasteiger partial charge in [0.1, 0.15) is 11.6 Å².